The molecule has 0 amide bonds. The lowest BCUT2D eigenvalue weighted by atomic mass is 10.7. The van der Waals surface area contributed by atoms with E-state index in [1.54, 1.807) is 11.0 Å². The van der Waals surface area contributed by atoms with Crippen molar-refractivity contribution in [1.29, 1.82) is 0 Å². The number of nitrogens with zero attached hydrogens (tertiary/aromatic N) is 4. The van der Waals surface area contributed by atoms with Gasteiger partial charge in [-0.3, -0.25) is 4.99 Å². The van der Waals surface area contributed by atoms with Crippen molar-refractivity contribution in [3.05, 3.63) is 12.2 Å². The van der Waals surface area contributed by atoms with Crippen LogP contribution in [0, 0.1) is 19.3 Å². The Morgan fingerprint density at radius 2 is 2.73 bits per heavy atom. The summed E-state index contributed by atoms with van der Waals surface area (Å²) in [7, 11) is 0. The van der Waals surface area contributed by atoms with Crippen LogP contribution >= 0.6 is 0 Å². The fourth-order valence-corrected chi connectivity index (χ4v) is 0.592. The van der Waals surface area contributed by atoms with Gasteiger partial charge in [0.2, 0.25) is 0 Å². The molecule has 0 saturated heterocycles. The van der Waals surface area contributed by atoms with Gasteiger partial charge in [0.05, 0.1) is 0 Å². The van der Waals surface area contributed by atoms with Gasteiger partial charge >= 0.3 is 0 Å². The summed E-state index contributed by atoms with van der Waals surface area (Å²) in [5.41, 5.74) is 0. The summed E-state index contributed by atoms with van der Waals surface area (Å²) in [5, 5.41) is 3.88. The van der Waals surface area contributed by atoms with Gasteiger partial charge in [-0.2, -0.15) is 5.10 Å². The molecule has 0 fully saturated rings. The van der Waals surface area contributed by atoms with Crippen molar-refractivity contribution in [2.75, 3.05) is 6.54 Å². The van der Waals surface area contributed by atoms with E-state index >= 15 is 0 Å². The summed E-state index contributed by atoms with van der Waals surface area (Å²) in [6.07, 6.45) is 8.02. The van der Waals surface area contributed by atoms with Gasteiger partial charge in [0.1, 0.15) is 25.0 Å². The highest BCUT2D eigenvalue weighted by atomic mass is 15.3. The van der Waals surface area contributed by atoms with Gasteiger partial charge in [0, 0.05) is 0 Å². The molecule has 4 nitrogen and oxygen atoms in total. The van der Waals surface area contributed by atoms with Crippen LogP contribution in [0.3, 0.4) is 0 Å². The molecule has 1 heterocycles. The second kappa shape index (κ2) is 3.52. The molecule has 56 valence electrons. The van der Waals surface area contributed by atoms with Crippen molar-refractivity contribution in [3.63, 3.8) is 0 Å². The molecule has 0 saturated carbocycles. The fourth-order valence-electron chi connectivity index (χ4n) is 0.592. The van der Waals surface area contributed by atoms with E-state index in [9.17, 15) is 0 Å². The zero-order valence-electron chi connectivity index (χ0n) is 6.23. The Morgan fingerprint density at radius 3 is 3.27 bits per heavy atom. The molecule has 1 rings (SSSR count). The van der Waals surface area contributed by atoms with E-state index in [0.29, 0.717) is 6.54 Å². The zero-order chi connectivity index (χ0) is 8.10. The summed E-state index contributed by atoms with van der Waals surface area (Å²) >= 11 is 0. The molecule has 11 heavy (non-hydrogen) atoms. The average Bonchev–Trinajstić information content (AvgIpc) is 2.37. The lowest BCUT2D eigenvalue weighted by molar-refractivity contribution is 0.905. The highest BCUT2D eigenvalue weighted by molar-refractivity contribution is 5.57. The van der Waals surface area contributed by atoms with Gasteiger partial charge in [-0.25, -0.2) is 9.67 Å². The molecular weight excluding hydrogens is 140 g/mol. The molecule has 1 aromatic heterocycles. The largest absolute Gasteiger partial charge is 0.260 e. The van der Waals surface area contributed by atoms with Gasteiger partial charge in [-0.05, 0) is 6.92 Å². The number of aryl methyl sites for hydroxylation is 1. The maximum atomic E-state index is 5.00. The first kappa shape index (κ1) is 7.48. The van der Waals surface area contributed by atoms with Crippen molar-refractivity contribution < 1.29 is 0 Å². The van der Waals surface area contributed by atoms with Crippen molar-refractivity contribution in [3.8, 4) is 12.3 Å². The minimum atomic E-state index is 0.374. The number of terminal acetylenes is 1. The van der Waals surface area contributed by atoms with Gasteiger partial charge in [-0.1, -0.05) is 5.92 Å². The molecule has 0 bridgehead atoms. The summed E-state index contributed by atoms with van der Waals surface area (Å²) in [6.45, 7) is 2.22. The first-order chi connectivity index (χ1) is 5.34. The molecule has 4 heteroatoms. The summed E-state index contributed by atoms with van der Waals surface area (Å²) in [4.78, 5) is 7.80. The Balaban J connectivity index is 2.65. The molecule has 0 aliphatic heterocycles. The molecule has 1 aromatic rings. The maximum Gasteiger partial charge on any atom is 0.138 e. The predicted molar refractivity (Wildman–Crippen MR) is 42.3 cm³/mol. The Labute approximate surface area is 65.0 Å². The van der Waals surface area contributed by atoms with Crippen LogP contribution in [-0.4, -0.2) is 27.6 Å². The molecular formula is C7H8N4. The molecule has 0 unspecified atom stereocenters. The highest BCUT2D eigenvalue weighted by Gasteiger charge is 1.90. The Hall–Kier alpha value is -1.63. The van der Waals surface area contributed by atoms with E-state index in [0.717, 1.165) is 5.82 Å². The highest BCUT2D eigenvalue weighted by Crippen LogP contribution is 1.84. The van der Waals surface area contributed by atoms with Gasteiger partial charge in [0.15, 0.2) is 0 Å². The van der Waals surface area contributed by atoms with Crippen LogP contribution in [0.5, 0.6) is 0 Å². The lowest BCUT2D eigenvalue weighted by Gasteiger charge is -1.89. The standard InChI is InChI=1S/C7H8N4/c1-3-4-8-6-11-7(2)9-5-10-11/h1,5-6H,4H2,2H3/b8-6-. The third-order valence-corrected chi connectivity index (χ3v) is 1.13. The molecule has 0 aliphatic carbocycles. The van der Waals surface area contributed by atoms with Crippen molar-refractivity contribution in [2.45, 2.75) is 6.92 Å². The number of hydrogen-bond acceptors (Lipinski definition) is 3. The van der Waals surface area contributed by atoms with Crippen LogP contribution in [-0.2, 0) is 0 Å². The molecule has 0 aromatic carbocycles. The monoisotopic (exact) mass is 148 g/mol. The van der Waals surface area contributed by atoms with E-state index < -0.39 is 0 Å². The molecule has 0 N–H and O–H groups in total. The van der Waals surface area contributed by atoms with Gasteiger partial charge in [0.25, 0.3) is 0 Å². The van der Waals surface area contributed by atoms with Crippen molar-refractivity contribution in [2.24, 2.45) is 4.99 Å². The Bertz CT molecular complexity index is 292. The van der Waals surface area contributed by atoms with Crippen molar-refractivity contribution >= 4 is 6.34 Å². The third-order valence-electron chi connectivity index (χ3n) is 1.13. The van der Waals surface area contributed by atoms with Crippen LogP contribution < -0.4 is 0 Å². The number of aromatic nitrogens is 3. The van der Waals surface area contributed by atoms with Crippen LogP contribution in [0.15, 0.2) is 11.3 Å². The normalized spacial score (nSPS) is 10.2. The van der Waals surface area contributed by atoms with Crippen LogP contribution in [0.2, 0.25) is 0 Å². The number of hydrogen-bond donors (Lipinski definition) is 0. The lowest BCUT2D eigenvalue weighted by Crippen LogP contribution is -2.00. The molecule has 0 aliphatic rings. The van der Waals surface area contributed by atoms with E-state index in [4.69, 9.17) is 6.42 Å². The molecule has 0 atom stereocenters. The third kappa shape index (κ3) is 1.90. The first-order valence-corrected chi connectivity index (χ1v) is 3.14. The fraction of sp³-hybridized carbons (Fsp3) is 0.286. The summed E-state index contributed by atoms with van der Waals surface area (Å²) in [5.74, 6) is 3.19. The van der Waals surface area contributed by atoms with Crippen LogP contribution in [0.25, 0.3) is 0 Å². The second-order valence-electron chi connectivity index (χ2n) is 1.91. The van der Waals surface area contributed by atoms with E-state index in [2.05, 4.69) is 21.0 Å². The maximum absolute atomic E-state index is 5.00. The van der Waals surface area contributed by atoms with Gasteiger partial charge < -0.3 is 0 Å². The van der Waals surface area contributed by atoms with E-state index in [1.165, 1.54) is 6.33 Å². The van der Waals surface area contributed by atoms with E-state index in [1.807, 2.05) is 6.92 Å². The average molecular weight is 148 g/mol. The number of rotatable bonds is 2. The summed E-state index contributed by atoms with van der Waals surface area (Å²) < 4.78 is 1.57. The van der Waals surface area contributed by atoms with Crippen LogP contribution in [0.4, 0.5) is 0 Å². The number of aliphatic imine (C=N–C) groups is 1. The minimum Gasteiger partial charge on any atom is -0.260 e. The second-order valence-corrected chi connectivity index (χ2v) is 1.91. The van der Waals surface area contributed by atoms with Crippen LogP contribution in [0.1, 0.15) is 5.82 Å². The Morgan fingerprint density at radius 1 is 1.91 bits per heavy atom. The zero-order valence-corrected chi connectivity index (χ0v) is 6.23. The SMILES string of the molecule is C#CC/N=C\n1ncnc1C. The minimum absolute atomic E-state index is 0.374. The molecule has 0 spiro atoms. The first-order valence-electron chi connectivity index (χ1n) is 3.14. The predicted octanol–water partition coefficient (Wildman–Crippen LogP) is 0.0961. The molecule has 0 radical (unpaired) electrons. The van der Waals surface area contributed by atoms with Gasteiger partial charge in [-0.15, -0.1) is 6.42 Å². The summed E-state index contributed by atoms with van der Waals surface area (Å²) in [6, 6.07) is 0. The topological polar surface area (TPSA) is 43.1 Å². The smallest absolute Gasteiger partial charge is 0.138 e. The quantitative estimate of drug-likeness (QED) is 0.339. The van der Waals surface area contributed by atoms with Crippen molar-refractivity contribution in [1.82, 2.24) is 14.8 Å². The van der Waals surface area contributed by atoms with E-state index in [-0.39, 0.29) is 0 Å². The Kier molecular flexibility index (Phi) is 2.39.